The van der Waals surface area contributed by atoms with Crippen molar-refractivity contribution < 1.29 is 19.1 Å². The van der Waals surface area contributed by atoms with E-state index in [0.29, 0.717) is 44.2 Å². The summed E-state index contributed by atoms with van der Waals surface area (Å²) in [6.07, 6.45) is 1.92. The third-order valence-electron chi connectivity index (χ3n) is 5.86. The van der Waals surface area contributed by atoms with Gasteiger partial charge in [0.15, 0.2) is 0 Å². The molecule has 6 heteroatoms. The first-order valence-electron chi connectivity index (χ1n) is 10.6. The predicted octanol–water partition coefficient (Wildman–Crippen LogP) is 3.15. The summed E-state index contributed by atoms with van der Waals surface area (Å²) in [5.74, 6) is 0.810. The third kappa shape index (κ3) is 4.49. The van der Waals surface area contributed by atoms with Crippen LogP contribution < -0.4 is 4.74 Å². The number of benzene rings is 2. The van der Waals surface area contributed by atoms with Crippen LogP contribution in [0.2, 0.25) is 0 Å². The Labute approximate surface area is 177 Å². The molecular weight excluding hydrogens is 380 g/mol. The Hall–Kier alpha value is -2.86. The van der Waals surface area contributed by atoms with E-state index in [9.17, 15) is 9.59 Å². The second-order valence-electron chi connectivity index (χ2n) is 7.85. The molecule has 0 spiro atoms. The summed E-state index contributed by atoms with van der Waals surface area (Å²) >= 11 is 0. The SMILES string of the molecule is Cc1ccccc1C(=O)N1CCC[C@@H]1COc1ccc(C(=O)N2CCOCC2)cc1. The highest BCUT2D eigenvalue weighted by Crippen LogP contribution is 2.23. The molecule has 0 radical (unpaired) electrons. The largest absolute Gasteiger partial charge is 0.491 e. The number of likely N-dealkylation sites (tertiary alicyclic amines) is 1. The number of carbonyl (C=O) groups is 2. The van der Waals surface area contributed by atoms with E-state index in [1.54, 1.807) is 12.1 Å². The van der Waals surface area contributed by atoms with E-state index < -0.39 is 0 Å². The number of hydrogen-bond acceptors (Lipinski definition) is 4. The zero-order chi connectivity index (χ0) is 20.9. The minimum absolute atomic E-state index is 0.0237. The number of rotatable bonds is 5. The van der Waals surface area contributed by atoms with Crippen molar-refractivity contribution in [2.45, 2.75) is 25.8 Å². The number of hydrogen-bond donors (Lipinski definition) is 0. The molecule has 158 valence electrons. The van der Waals surface area contributed by atoms with Gasteiger partial charge < -0.3 is 19.3 Å². The van der Waals surface area contributed by atoms with Crippen LogP contribution in [0.15, 0.2) is 48.5 Å². The van der Waals surface area contributed by atoms with Crippen LogP contribution >= 0.6 is 0 Å². The number of aryl methyl sites for hydroxylation is 1. The highest BCUT2D eigenvalue weighted by Gasteiger charge is 2.30. The Morgan fingerprint density at radius 1 is 1.00 bits per heavy atom. The summed E-state index contributed by atoms with van der Waals surface area (Å²) in [4.78, 5) is 29.3. The van der Waals surface area contributed by atoms with Gasteiger partial charge in [0.25, 0.3) is 11.8 Å². The average Bonchev–Trinajstić information content (AvgIpc) is 3.27. The lowest BCUT2D eigenvalue weighted by Gasteiger charge is -2.27. The van der Waals surface area contributed by atoms with Gasteiger partial charge in [-0.25, -0.2) is 0 Å². The Morgan fingerprint density at radius 3 is 2.47 bits per heavy atom. The van der Waals surface area contributed by atoms with E-state index in [1.165, 1.54) is 0 Å². The van der Waals surface area contributed by atoms with Crippen molar-refractivity contribution >= 4 is 11.8 Å². The zero-order valence-electron chi connectivity index (χ0n) is 17.4. The van der Waals surface area contributed by atoms with Crippen LogP contribution in [0.4, 0.5) is 0 Å². The molecule has 2 amide bonds. The monoisotopic (exact) mass is 408 g/mol. The van der Waals surface area contributed by atoms with E-state index in [1.807, 2.05) is 53.1 Å². The maximum atomic E-state index is 13.0. The molecule has 2 aliphatic heterocycles. The van der Waals surface area contributed by atoms with Crippen molar-refractivity contribution in [1.82, 2.24) is 9.80 Å². The summed E-state index contributed by atoms with van der Waals surface area (Å²) in [5, 5.41) is 0. The maximum absolute atomic E-state index is 13.0. The van der Waals surface area contributed by atoms with Gasteiger partial charge in [-0.3, -0.25) is 9.59 Å². The van der Waals surface area contributed by atoms with Crippen molar-refractivity contribution in [2.24, 2.45) is 0 Å². The third-order valence-corrected chi connectivity index (χ3v) is 5.86. The lowest BCUT2D eigenvalue weighted by atomic mass is 10.1. The zero-order valence-corrected chi connectivity index (χ0v) is 17.4. The van der Waals surface area contributed by atoms with Crippen LogP contribution in [0, 0.1) is 6.92 Å². The second kappa shape index (κ2) is 9.30. The molecule has 0 aliphatic carbocycles. The minimum atomic E-state index is 0.0237. The number of carbonyl (C=O) groups excluding carboxylic acids is 2. The lowest BCUT2D eigenvalue weighted by molar-refractivity contribution is 0.0303. The van der Waals surface area contributed by atoms with Crippen LogP contribution in [-0.4, -0.2) is 67.1 Å². The van der Waals surface area contributed by atoms with Gasteiger partial charge in [-0.15, -0.1) is 0 Å². The summed E-state index contributed by atoms with van der Waals surface area (Å²) in [6.45, 7) is 5.61. The van der Waals surface area contributed by atoms with Gasteiger partial charge in [0.1, 0.15) is 12.4 Å². The molecule has 1 atom stereocenters. The Kier molecular flexibility index (Phi) is 6.33. The smallest absolute Gasteiger partial charge is 0.254 e. The number of nitrogens with zero attached hydrogens (tertiary/aromatic N) is 2. The van der Waals surface area contributed by atoms with Gasteiger partial charge in [-0.1, -0.05) is 18.2 Å². The molecule has 0 unspecified atom stereocenters. The molecule has 2 aromatic carbocycles. The van der Waals surface area contributed by atoms with Crippen LogP contribution in [0.5, 0.6) is 5.75 Å². The fourth-order valence-electron chi connectivity index (χ4n) is 4.08. The first-order valence-corrected chi connectivity index (χ1v) is 10.6. The fourth-order valence-corrected chi connectivity index (χ4v) is 4.08. The van der Waals surface area contributed by atoms with Gasteiger partial charge in [-0.05, 0) is 55.7 Å². The maximum Gasteiger partial charge on any atom is 0.254 e. The highest BCUT2D eigenvalue weighted by atomic mass is 16.5. The molecule has 0 aromatic heterocycles. The summed E-state index contributed by atoms with van der Waals surface area (Å²) in [7, 11) is 0. The van der Waals surface area contributed by atoms with E-state index in [0.717, 1.165) is 30.5 Å². The molecular formula is C24H28N2O4. The molecule has 30 heavy (non-hydrogen) atoms. The van der Waals surface area contributed by atoms with Gasteiger partial charge in [-0.2, -0.15) is 0 Å². The van der Waals surface area contributed by atoms with E-state index in [2.05, 4.69) is 0 Å². The lowest BCUT2D eigenvalue weighted by Crippen LogP contribution is -2.40. The summed E-state index contributed by atoms with van der Waals surface area (Å²) in [6, 6.07) is 15.0. The van der Waals surface area contributed by atoms with E-state index >= 15 is 0 Å². The van der Waals surface area contributed by atoms with Gasteiger partial charge in [0.05, 0.1) is 19.3 Å². The molecule has 2 aliphatic rings. The Bertz CT molecular complexity index is 890. The van der Waals surface area contributed by atoms with Crippen molar-refractivity contribution in [1.29, 1.82) is 0 Å². The first-order chi connectivity index (χ1) is 14.6. The van der Waals surface area contributed by atoms with Crippen molar-refractivity contribution in [3.05, 3.63) is 65.2 Å². The van der Waals surface area contributed by atoms with Gasteiger partial charge in [0, 0.05) is 30.8 Å². The van der Waals surface area contributed by atoms with Crippen molar-refractivity contribution in [3.63, 3.8) is 0 Å². The molecule has 4 rings (SSSR count). The summed E-state index contributed by atoms with van der Waals surface area (Å²) < 4.78 is 11.3. The molecule has 6 nitrogen and oxygen atoms in total. The van der Waals surface area contributed by atoms with Gasteiger partial charge >= 0.3 is 0 Å². The number of morpholine rings is 1. The normalized spacial score (nSPS) is 19.0. The molecule has 0 N–H and O–H groups in total. The van der Waals surface area contributed by atoms with Crippen LogP contribution in [-0.2, 0) is 4.74 Å². The Balaban J connectivity index is 1.35. The molecule has 2 heterocycles. The van der Waals surface area contributed by atoms with Crippen LogP contribution in [0.25, 0.3) is 0 Å². The average molecular weight is 408 g/mol. The second-order valence-corrected chi connectivity index (χ2v) is 7.85. The molecule has 0 bridgehead atoms. The topological polar surface area (TPSA) is 59.1 Å². The van der Waals surface area contributed by atoms with E-state index in [4.69, 9.17) is 9.47 Å². The molecule has 0 saturated carbocycles. The quantitative estimate of drug-likeness (QED) is 0.763. The highest BCUT2D eigenvalue weighted by molar-refractivity contribution is 5.96. The van der Waals surface area contributed by atoms with Gasteiger partial charge in [0.2, 0.25) is 0 Å². The minimum Gasteiger partial charge on any atom is -0.491 e. The van der Waals surface area contributed by atoms with Crippen molar-refractivity contribution in [2.75, 3.05) is 39.5 Å². The molecule has 2 saturated heterocycles. The van der Waals surface area contributed by atoms with Crippen LogP contribution in [0.3, 0.4) is 0 Å². The van der Waals surface area contributed by atoms with Crippen LogP contribution in [0.1, 0.15) is 39.1 Å². The first kappa shape index (κ1) is 20.4. The number of amides is 2. The van der Waals surface area contributed by atoms with Crippen molar-refractivity contribution in [3.8, 4) is 5.75 Å². The Morgan fingerprint density at radius 2 is 1.73 bits per heavy atom. The summed E-state index contributed by atoms with van der Waals surface area (Å²) in [5.41, 5.74) is 2.41. The fraction of sp³-hybridized carbons (Fsp3) is 0.417. The van der Waals surface area contributed by atoms with E-state index in [-0.39, 0.29) is 17.9 Å². The molecule has 2 fully saturated rings. The molecule has 2 aromatic rings. The standard InChI is InChI=1S/C24H28N2O4/c1-18-5-2-3-7-22(18)24(28)26-12-4-6-20(26)17-30-21-10-8-19(9-11-21)23(27)25-13-15-29-16-14-25/h2-3,5,7-11,20H,4,6,12-17H2,1H3/t20-/m1/s1. The predicted molar refractivity (Wildman–Crippen MR) is 114 cm³/mol. The number of ether oxygens (including phenoxy) is 2.